The zero-order chi connectivity index (χ0) is 14.3. The van der Waals surface area contributed by atoms with Crippen LogP contribution in [0, 0.1) is 16.7 Å². The molecular weight excluding hydrogens is 222 g/mol. The quantitative estimate of drug-likeness (QED) is 0.387. The molecule has 0 heterocycles. The van der Waals surface area contributed by atoms with Gasteiger partial charge in [0, 0.05) is 12.1 Å². The number of ether oxygens (including phenoxy) is 1. The van der Waals surface area contributed by atoms with Crippen LogP contribution < -0.4 is 0 Å². The first-order chi connectivity index (χ1) is 8.27. The average Bonchev–Trinajstić information content (AvgIpc) is 2.30. The molecule has 0 aromatic heterocycles. The molecule has 0 saturated carbocycles. The Hall–Kier alpha value is -1.05. The maximum Gasteiger partial charge on any atom is 0.118 e. The molecule has 0 radical (unpaired) electrons. The van der Waals surface area contributed by atoms with Crippen molar-refractivity contribution in [2.45, 2.75) is 53.9 Å². The normalized spacial score (nSPS) is 12.7. The van der Waals surface area contributed by atoms with E-state index in [9.17, 15) is 0 Å². The Balaban J connectivity index is 4.74. The third-order valence-electron chi connectivity index (χ3n) is 3.41. The standard InChI is InChI=1S/C16H29NO/c1-8-13(9-2)14(17)10-11-15(18-7)12(3)16(4,5)6/h11,13,17H,3,8-10H2,1-2,4-7H3/b15-11+,17-14?. The van der Waals surface area contributed by atoms with Crippen LogP contribution in [-0.2, 0) is 4.74 Å². The van der Waals surface area contributed by atoms with Crippen LogP contribution in [0.2, 0.25) is 0 Å². The van der Waals surface area contributed by atoms with Crippen molar-refractivity contribution in [1.82, 2.24) is 0 Å². The van der Waals surface area contributed by atoms with Gasteiger partial charge in [-0.25, -0.2) is 0 Å². The van der Waals surface area contributed by atoms with Crippen LogP contribution in [-0.4, -0.2) is 12.8 Å². The minimum absolute atomic E-state index is 0.00104. The molecule has 0 spiro atoms. The van der Waals surface area contributed by atoms with Crippen molar-refractivity contribution in [3.05, 3.63) is 24.0 Å². The van der Waals surface area contributed by atoms with Crippen molar-refractivity contribution in [3.63, 3.8) is 0 Å². The maximum absolute atomic E-state index is 8.08. The second kappa shape index (κ2) is 7.40. The van der Waals surface area contributed by atoms with E-state index in [1.807, 2.05) is 6.08 Å². The third kappa shape index (κ3) is 5.07. The van der Waals surface area contributed by atoms with Gasteiger partial charge >= 0.3 is 0 Å². The van der Waals surface area contributed by atoms with E-state index in [1.165, 1.54) is 0 Å². The number of hydrogen-bond donors (Lipinski definition) is 1. The molecule has 0 atom stereocenters. The summed E-state index contributed by atoms with van der Waals surface area (Å²) in [5.41, 5.74) is 1.78. The van der Waals surface area contributed by atoms with Crippen molar-refractivity contribution >= 4 is 5.71 Å². The average molecular weight is 251 g/mol. The molecule has 0 aliphatic rings. The zero-order valence-corrected chi connectivity index (χ0v) is 12.9. The molecule has 0 aromatic carbocycles. The summed E-state index contributed by atoms with van der Waals surface area (Å²) < 4.78 is 5.40. The Bertz CT molecular complexity index is 316. The first-order valence-corrected chi connectivity index (χ1v) is 6.79. The van der Waals surface area contributed by atoms with Gasteiger partial charge in [0.2, 0.25) is 0 Å². The predicted molar refractivity (Wildman–Crippen MR) is 80.1 cm³/mol. The Morgan fingerprint density at radius 3 is 2.11 bits per heavy atom. The van der Waals surface area contributed by atoms with Crippen LogP contribution >= 0.6 is 0 Å². The van der Waals surface area contributed by atoms with Gasteiger partial charge in [-0.1, -0.05) is 41.2 Å². The smallest absolute Gasteiger partial charge is 0.118 e. The van der Waals surface area contributed by atoms with E-state index in [1.54, 1.807) is 7.11 Å². The molecule has 18 heavy (non-hydrogen) atoms. The molecule has 0 aliphatic heterocycles. The molecule has 0 bridgehead atoms. The van der Waals surface area contributed by atoms with Crippen LogP contribution in [0.15, 0.2) is 24.0 Å². The number of allylic oxidation sites excluding steroid dienone is 2. The first kappa shape index (κ1) is 16.9. The highest BCUT2D eigenvalue weighted by atomic mass is 16.5. The summed E-state index contributed by atoms with van der Waals surface area (Å²) in [6, 6.07) is 0. The molecule has 2 heteroatoms. The van der Waals surface area contributed by atoms with Crippen LogP contribution in [0.3, 0.4) is 0 Å². The van der Waals surface area contributed by atoms with Gasteiger partial charge in [0.25, 0.3) is 0 Å². The fraction of sp³-hybridized carbons (Fsp3) is 0.688. The summed E-state index contributed by atoms with van der Waals surface area (Å²) in [4.78, 5) is 0. The van der Waals surface area contributed by atoms with Crippen LogP contribution in [0.1, 0.15) is 53.9 Å². The van der Waals surface area contributed by atoms with E-state index in [4.69, 9.17) is 10.1 Å². The Kier molecular flexibility index (Phi) is 6.97. The van der Waals surface area contributed by atoms with Crippen molar-refractivity contribution in [2.75, 3.05) is 7.11 Å². The molecular formula is C16H29NO. The lowest BCUT2D eigenvalue weighted by molar-refractivity contribution is 0.281. The largest absolute Gasteiger partial charge is 0.497 e. The Morgan fingerprint density at radius 2 is 1.78 bits per heavy atom. The monoisotopic (exact) mass is 251 g/mol. The number of rotatable bonds is 7. The summed E-state index contributed by atoms with van der Waals surface area (Å²) in [6.07, 6.45) is 4.72. The van der Waals surface area contributed by atoms with Gasteiger partial charge in [-0.15, -0.1) is 0 Å². The molecule has 0 aliphatic carbocycles. The fourth-order valence-electron chi connectivity index (χ4n) is 1.85. The number of nitrogens with one attached hydrogen (secondary N) is 1. The summed E-state index contributed by atoms with van der Waals surface area (Å²) >= 11 is 0. The van der Waals surface area contributed by atoms with Crippen LogP contribution in [0.25, 0.3) is 0 Å². The highest BCUT2D eigenvalue weighted by molar-refractivity contribution is 5.85. The lowest BCUT2D eigenvalue weighted by Gasteiger charge is -2.23. The number of hydrogen-bond acceptors (Lipinski definition) is 2. The van der Waals surface area contributed by atoms with Crippen molar-refractivity contribution in [3.8, 4) is 0 Å². The van der Waals surface area contributed by atoms with E-state index in [2.05, 4.69) is 41.2 Å². The Labute approximate surface area is 113 Å². The van der Waals surface area contributed by atoms with E-state index in [0.29, 0.717) is 12.3 Å². The zero-order valence-electron chi connectivity index (χ0n) is 12.9. The van der Waals surface area contributed by atoms with Crippen LogP contribution in [0.4, 0.5) is 0 Å². The van der Waals surface area contributed by atoms with Gasteiger partial charge < -0.3 is 10.1 Å². The van der Waals surface area contributed by atoms with Crippen LogP contribution in [0.5, 0.6) is 0 Å². The molecule has 0 amide bonds. The summed E-state index contributed by atoms with van der Waals surface area (Å²) in [6.45, 7) is 14.7. The van der Waals surface area contributed by atoms with E-state index >= 15 is 0 Å². The van der Waals surface area contributed by atoms with E-state index in [-0.39, 0.29) is 5.41 Å². The third-order valence-corrected chi connectivity index (χ3v) is 3.41. The second-order valence-electron chi connectivity index (χ2n) is 5.74. The van der Waals surface area contributed by atoms with E-state index in [0.717, 1.165) is 29.9 Å². The van der Waals surface area contributed by atoms with Crippen molar-refractivity contribution < 1.29 is 4.74 Å². The van der Waals surface area contributed by atoms with Gasteiger partial charge in [-0.05, 0) is 35.8 Å². The topological polar surface area (TPSA) is 33.1 Å². The molecule has 1 N–H and O–H groups in total. The van der Waals surface area contributed by atoms with Crippen molar-refractivity contribution in [2.24, 2.45) is 11.3 Å². The summed E-state index contributed by atoms with van der Waals surface area (Å²) in [5.74, 6) is 1.21. The highest BCUT2D eigenvalue weighted by Gasteiger charge is 2.19. The van der Waals surface area contributed by atoms with Gasteiger partial charge in [0.15, 0.2) is 0 Å². The second-order valence-corrected chi connectivity index (χ2v) is 5.74. The highest BCUT2D eigenvalue weighted by Crippen LogP contribution is 2.30. The first-order valence-electron chi connectivity index (χ1n) is 6.79. The predicted octanol–water partition coefficient (Wildman–Crippen LogP) is 4.97. The molecule has 0 rings (SSSR count). The van der Waals surface area contributed by atoms with Crippen molar-refractivity contribution in [1.29, 1.82) is 5.41 Å². The molecule has 0 saturated heterocycles. The molecule has 0 unspecified atom stereocenters. The minimum Gasteiger partial charge on any atom is -0.497 e. The SMILES string of the molecule is C=C(/C(=C\CC(=N)C(CC)CC)OC)C(C)(C)C. The van der Waals surface area contributed by atoms with E-state index < -0.39 is 0 Å². The molecule has 104 valence electrons. The lowest BCUT2D eigenvalue weighted by atomic mass is 9.85. The summed E-state index contributed by atoms with van der Waals surface area (Å²) in [7, 11) is 1.67. The Morgan fingerprint density at radius 1 is 1.28 bits per heavy atom. The molecule has 2 nitrogen and oxygen atoms in total. The molecule has 0 aromatic rings. The maximum atomic E-state index is 8.08. The fourth-order valence-corrected chi connectivity index (χ4v) is 1.85. The number of methoxy groups -OCH3 is 1. The van der Waals surface area contributed by atoms with Gasteiger partial charge in [0.1, 0.15) is 5.76 Å². The van der Waals surface area contributed by atoms with Gasteiger partial charge in [-0.3, -0.25) is 0 Å². The van der Waals surface area contributed by atoms with Gasteiger partial charge in [-0.2, -0.15) is 0 Å². The summed E-state index contributed by atoms with van der Waals surface area (Å²) in [5, 5.41) is 8.08. The minimum atomic E-state index is -0.00104. The lowest BCUT2D eigenvalue weighted by Crippen LogP contribution is -2.13. The van der Waals surface area contributed by atoms with Gasteiger partial charge in [0.05, 0.1) is 7.11 Å². The molecule has 0 fully saturated rings.